The minimum Gasteiger partial charge on any atom is -0.507 e. The van der Waals surface area contributed by atoms with Gasteiger partial charge in [-0.3, -0.25) is 9.59 Å². The summed E-state index contributed by atoms with van der Waals surface area (Å²) in [6, 6.07) is 28.2. The Morgan fingerprint density at radius 1 is 0.829 bits per heavy atom. The molecule has 0 heterocycles. The molecule has 0 aliphatic carbocycles. The number of carbonyl (C=O) groups is 2. The fraction of sp³-hybridized carbons (Fsp3) is 0.0714. The zero-order valence-corrected chi connectivity index (χ0v) is 20.1. The van der Waals surface area contributed by atoms with Crippen LogP contribution in [0.2, 0.25) is 0 Å². The quantitative estimate of drug-likeness (QED) is 0.239. The standard InChI is InChI=1S/C28H22BrNO5/c29-21-12-15-26(31)24(16-21)28(34)30-25(17-27(32)33)20-8-6-18(7-9-20)19-10-13-23(14-11-19)35-22-4-2-1-3-5-22/h1-16,25,31H,17H2,(H,30,34)(H,32,33). The second-order valence-corrected chi connectivity index (χ2v) is 8.76. The smallest absolute Gasteiger partial charge is 0.305 e. The fourth-order valence-electron chi connectivity index (χ4n) is 3.60. The Kier molecular flexibility index (Phi) is 7.48. The van der Waals surface area contributed by atoms with Crippen molar-refractivity contribution < 1.29 is 24.5 Å². The molecule has 4 rings (SSSR count). The molecule has 0 aromatic heterocycles. The van der Waals surface area contributed by atoms with E-state index >= 15 is 0 Å². The van der Waals surface area contributed by atoms with Gasteiger partial charge in [-0.1, -0.05) is 70.5 Å². The monoisotopic (exact) mass is 531 g/mol. The average Bonchev–Trinajstić information content (AvgIpc) is 2.86. The van der Waals surface area contributed by atoms with Gasteiger partial charge in [0.1, 0.15) is 17.2 Å². The highest BCUT2D eigenvalue weighted by Crippen LogP contribution is 2.28. The number of hydrogen-bond donors (Lipinski definition) is 3. The first kappa shape index (κ1) is 24.0. The number of carboxylic acid groups (broad SMARTS) is 1. The number of aromatic hydroxyl groups is 1. The molecular weight excluding hydrogens is 510 g/mol. The Hall–Kier alpha value is -4.10. The summed E-state index contributed by atoms with van der Waals surface area (Å²) < 4.78 is 6.45. The average molecular weight is 532 g/mol. The van der Waals surface area contributed by atoms with Gasteiger partial charge in [0.25, 0.3) is 5.91 Å². The second kappa shape index (κ2) is 10.9. The highest BCUT2D eigenvalue weighted by Gasteiger charge is 2.21. The Morgan fingerprint density at radius 3 is 2.06 bits per heavy atom. The summed E-state index contributed by atoms with van der Waals surface area (Å²) in [5, 5.41) is 22.1. The van der Waals surface area contributed by atoms with Crippen LogP contribution < -0.4 is 10.1 Å². The Bertz CT molecular complexity index is 1320. The summed E-state index contributed by atoms with van der Waals surface area (Å²) in [6.07, 6.45) is -0.300. The van der Waals surface area contributed by atoms with E-state index in [1.165, 1.54) is 12.1 Å². The van der Waals surface area contributed by atoms with Crippen molar-refractivity contribution in [1.82, 2.24) is 5.32 Å². The lowest BCUT2D eigenvalue weighted by Crippen LogP contribution is -2.30. The number of carboxylic acids is 1. The van der Waals surface area contributed by atoms with Crippen LogP contribution in [0.1, 0.15) is 28.4 Å². The van der Waals surface area contributed by atoms with Gasteiger partial charge in [-0.15, -0.1) is 0 Å². The molecule has 4 aromatic rings. The summed E-state index contributed by atoms with van der Waals surface area (Å²) >= 11 is 3.27. The molecule has 35 heavy (non-hydrogen) atoms. The highest BCUT2D eigenvalue weighted by atomic mass is 79.9. The van der Waals surface area contributed by atoms with E-state index in [4.69, 9.17) is 4.74 Å². The number of aliphatic carboxylic acids is 1. The summed E-state index contributed by atoms with van der Waals surface area (Å²) in [5.41, 5.74) is 2.60. The number of hydrogen-bond acceptors (Lipinski definition) is 4. The van der Waals surface area contributed by atoms with Crippen LogP contribution >= 0.6 is 15.9 Å². The van der Waals surface area contributed by atoms with E-state index in [9.17, 15) is 19.8 Å². The van der Waals surface area contributed by atoms with Gasteiger partial charge in [0, 0.05) is 4.47 Å². The first-order chi connectivity index (χ1) is 16.9. The summed E-state index contributed by atoms with van der Waals surface area (Å²) in [7, 11) is 0. The molecular formula is C28H22BrNO5. The van der Waals surface area contributed by atoms with E-state index in [2.05, 4.69) is 21.2 Å². The molecule has 0 fully saturated rings. The molecule has 7 heteroatoms. The van der Waals surface area contributed by atoms with Crippen molar-refractivity contribution in [3.63, 3.8) is 0 Å². The number of phenols is 1. The van der Waals surface area contributed by atoms with Crippen molar-refractivity contribution >= 4 is 27.8 Å². The molecule has 0 radical (unpaired) electrons. The number of amides is 1. The number of ether oxygens (including phenoxy) is 1. The second-order valence-electron chi connectivity index (χ2n) is 7.85. The van der Waals surface area contributed by atoms with Crippen molar-refractivity contribution in [1.29, 1.82) is 0 Å². The van der Waals surface area contributed by atoms with Crippen molar-refractivity contribution in [2.45, 2.75) is 12.5 Å². The minimum absolute atomic E-state index is 0.0594. The largest absolute Gasteiger partial charge is 0.507 e. The van der Waals surface area contributed by atoms with Crippen molar-refractivity contribution in [2.24, 2.45) is 0 Å². The SMILES string of the molecule is O=C(O)CC(NC(=O)c1cc(Br)ccc1O)c1ccc(-c2ccc(Oc3ccccc3)cc2)cc1. The molecule has 4 aromatic carbocycles. The van der Waals surface area contributed by atoms with Gasteiger partial charge in [-0.05, 0) is 59.2 Å². The minimum atomic E-state index is -1.05. The molecule has 176 valence electrons. The zero-order valence-electron chi connectivity index (χ0n) is 18.5. The molecule has 0 saturated heterocycles. The van der Waals surface area contributed by atoms with Crippen LogP contribution in [0, 0.1) is 0 Å². The van der Waals surface area contributed by atoms with Crippen LogP contribution in [0.3, 0.4) is 0 Å². The van der Waals surface area contributed by atoms with Crippen LogP contribution in [0.25, 0.3) is 11.1 Å². The first-order valence-corrected chi connectivity index (χ1v) is 11.6. The lowest BCUT2D eigenvalue weighted by Gasteiger charge is -2.18. The van der Waals surface area contributed by atoms with Gasteiger partial charge in [-0.25, -0.2) is 0 Å². The van der Waals surface area contributed by atoms with Crippen molar-refractivity contribution in [3.05, 3.63) is 113 Å². The normalized spacial score (nSPS) is 11.5. The predicted molar refractivity (Wildman–Crippen MR) is 137 cm³/mol. The van der Waals surface area contributed by atoms with Gasteiger partial charge >= 0.3 is 5.97 Å². The fourth-order valence-corrected chi connectivity index (χ4v) is 3.96. The molecule has 1 amide bonds. The molecule has 0 aliphatic rings. The molecule has 6 nitrogen and oxygen atoms in total. The maximum atomic E-state index is 12.7. The number of rotatable bonds is 8. The maximum absolute atomic E-state index is 12.7. The van der Waals surface area contributed by atoms with Gasteiger partial charge in [0.2, 0.25) is 0 Å². The molecule has 1 atom stereocenters. The molecule has 0 saturated carbocycles. The van der Waals surface area contributed by atoms with Crippen LogP contribution in [0.5, 0.6) is 17.2 Å². The molecule has 1 unspecified atom stereocenters. The maximum Gasteiger partial charge on any atom is 0.305 e. The predicted octanol–water partition coefficient (Wildman–Crippen LogP) is 6.56. The third-order valence-electron chi connectivity index (χ3n) is 5.37. The first-order valence-electron chi connectivity index (χ1n) is 10.8. The number of halogens is 1. The van der Waals surface area contributed by atoms with Crippen LogP contribution in [0.15, 0.2) is 102 Å². The Labute approximate surface area is 211 Å². The Morgan fingerprint density at radius 2 is 1.43 bits per heavy atom. The van der Waals surface area contributed by atoms with Crippen LogP contribution in [0.4, 0.5) is 0 Å². The van der Waals surface area contributed by atoms with E-state index in [0.717, 1.165) is 22.6 Å². The van der Waals surface area contributed by atoms with Gasteiger partial charge in [-0.2, -0.15) is 0 Å². The van der Waals surface area contributed by atoms with E-state index in [1.54, 1.807) is 18.2 Å². The molecule has 0 spiro atoms. The Balaban J connectivity index is 1.50. The number of benzene rings is 4. The number of nitrogens with one attached hydrogen (secondary N) is 1. The molecule has 3 N–H and O–H groups in total. The van der Waals surface area contributed by atoms with E-state index < -0.39 is 17.9 Å². The molecule has 0 bridgehead atoms. The zero-order chi connectivity index (χ0) is 24.8. The van der Waals surface area contributed by atoms with Gasteiger partial charge in [0.05, 0.1) is 18.0 Å². The summed E-state index contributed by atoms with van der Waals surface area (Å²) in [6.45, 7) is 0. The van der Waals surface area contributed by atoms with Crippen LogP contribution in [-0.2, 0) is 4.79 Å². The third-order valence-corrected chi connectivity index (χ3v) is 5.86. The summed E-state index contributed by atoms with van der Waals surface area (Å²) in [4.78, 5) is 24.2. The van der Waals surface area contributed by atoms with Gasteiger partial charge in [0.15, 0.2) is 0 Å². The number of phenolic OH excluding ortho intramolecular Hbond substituents is 1. The van der Waals surface area contributed by atoms with Crippen LogP contribution in [-0.4, -0.2) is 22.1 Å². The topological polar surface area (TPSA) is 95.9 Å². The van der Waals surface area contributed by atoms with E-state index in [-0.39, 0.29) is 17.7 Å². The lowest BCUT2D eigenvalue weighted by molar-refractivity contribution is -0.137. The number of carbonyl (C=O) groups excluding carboxylic acids is 1. The van der Waals surface area contributed by atoms with Crippen molar-refractivity contribution in [2.75, 3.05) is 0 Å². The summed E-state index contributed by atoms with van der Waals surface area (Å²) in [5.74, 6) is -0.321. The number of para-hydroxylation sites is 1. The highest BCUT2D eigenvalue weighted by molar-refractivity contribution is 9.10. The molecule has 0 aliphatic heterocycles. The van der Waals surface area contributed by atoms with E-state index in [0.29, 0.717) is 10.0 Å². The van der Waals surface area contributed by atoms with Gasteiger partial charge < -0.3 is 20.3 Å². The van der Waals surface area contributed by atoms with Crippen molar-refractivity contribution in [3.8, 4) is 28.4 Å². The third kappa shape index (κ3) is 6.28. The lowest BCUT2D eigenvalue weighted by atomic mass is 9.98. The van der Waals surface area contributed by atoms with E-state index in [1.807, 2.05) is 66.7 Å².